The van der Waals surface area contributed by atoms with Crippen LogP contribution >= 0.6 is 15.9 Å². The van der Waals surface area contributed by atoms with Crippen LogP contribution in [0.1, 0.15) is 0 Å². The summed E-state index contributed by atoms with van der Waals surface area (Å²) in [5.74, 6) is 0. The van der Waals surface area contributed by atoms with Gasteiger partial charge in [-0.3, -0.25) is 4.79 Å². The summed E-state index contributed by atoms with van der Waals surface area (Å²) in [4.78, 5) is 9.99. The van der Waals surface area contributed by atoms with E-state index < -0.39 is 28.7 Å². The first-order chi connectivity index (χ1) is 5.55. The smallest absolute Gasteiger partial charge is 0.282 e. The van der Waals surface area contributed by atoms with Crippen LogP contribution in [-0.4, -0.2) is 17.0 Å². The van der Waals surface area contributed by atoms with Gasteiger partial charge in [-0.1, -0.05) is 0 Å². The summed E-state index contributed by atoms with van der Waals surface area (Å²) in [5, 5.41) is 0. The highest BCUT2D eigenvalue weighted by molar-refractivity contribution is 9.18. The Morgan fingerprint density at radius 1 is 1.00 bits per heavy atom. The predicted octanol–water partition coefficient (Wildman–Crippen LogP) is 2.96. The Bertz CT molecular complexity index is 220. The summed E-state index contributed by atoms with van der Waals surface area (Å²) in [5.41, 5.74) is -2.83. The number of rotatable bonds is 1. The van der Waals surface area contributed by atoms with Crippen molar-refractivity contribution in [2.24, 2.45) is 0 Å². The standard InChI is InChI=1S/C5HBrF6O/c6-3(13)1-2(4(7,8)9)5(10,11)12/h1H. The molecular formula is C5HBrF6O. The van der Waals surface area contributed by atoms with Gasteiger partial charge in [-0.05, 0) is 15.9 Å². The minimum absolute atomic E-state index is 0.556. The topological polar surface area (TPSA) is 17.1 Å². The molecular weight excluding hydrogens is 270 g/mol. The van der Waals surface area contributed by atoms with Gasteiger partial charge in [0.15, 0.2) is 0 Å². The molecule has 0 heterocycles. The van der Waals surface area contributed by atoms with Crippen molar-refractivity contribution >= 4 is 20.6 Å². The zero-order chi connectivity index (χ0) is 10.9. The van der Waals surface area contributed by atoms with E-state index in [4.69, 9.17) is 0 Å². The van der Waals surface area contributed by atoms with Crippen molar-refractivity contribution in [2.75, 3.05) is 0 Å². The first-order valence-electron chi connectivity index (χ1n) is 2.60. The third-order valence-corrected chi connectivity index (χ3v) is 1.10. The van der Waals surface area contributed by atoms with Crippen LogP contribution in [0, 0.1) is 0 Å². The Balaban J connectivity index is 5.13. The van der Waals surface area contributed by atoms with Crippen LogP contribution in [0.5, 0.6) is 0 Å². The molecule has 0 fully saturated rings. The van der Waals surface area contributed by atoms with Crippen LogP contribution in [0.2, 0.25) is 0 Å². The predicted molar refractivity (Wildman–Crippen MR) is 34.1 cm³/mol. The lowest BCUT2D eigenvalue weighted by atomic mass is 10.2. The van der Waals surface area contributed by atoms with Crippen molar-refractivity contribution in [3.63, 3.8) is 0 Å². The maximum atomic E-state index is 11.6. The van der Waals surface area contributed by atoms with E-state index in [1.54, 1.807) is 0 Å². The lowest BCUT2D eigenvalue weighted by Gasteiger charge is -2.13. The molecule has 0 rings (SSSR count). The molecule has 0 N–H and O–H groups in total. The normalized spacial score (nSPS) is 12.5. The van der Waals surface area contributed by atoms with Crippen molar-refractivity contribution in [3.8, 4) is 0 Å². The van der Waals surface area contributed by atoms with Crippen molar-refractivity contribution in [1.29, 1.82) is 0 Å². The van der Waals surface area contributed by atoms with E-state index in [0.717, 1.165) is 0 Å². The monoisotopic (exact) mass is 270 g/mol. The SMILES string of the molecule is O=C(Br)C=C(C(F)(F)F)C(F)(F)F. The van der Waals surface area contributed by atoms with Crippen LogP contribution in [0.15, 0.2) is 11.6 Å². The Morgan fingerprint density at radius 3 is 1.38 bits per heavy atom. The number of allylic oxidation sites excluding steroid dienone is 2. The number of carbonyl (C=O) groups excluding carboxylic acids is 1. The third-order valence-electron chi connectivity index (χ3n) is 0.869. The molecule has 0 aromatic rings. The summed E-state index contributed by atoms with van der Waals surface area (Å²) in [7, 11) is 0. The zero-order valence-corrected chi connectivity index (χ0v) is 7.22. The van der Waals surface area contributed by atoms with Gasteiger partial charge >= 0.3 is 12.4 Å². The van der Waals surface area contributed by atoms with Gasteiger partial charge in [-0.25, -0.2) is 0 Å². The molecule has 8 heteroatoms. The van der Waals surface area contributed by atoms with Crippen LogP contribution in [0.25, 0.3) is 0 Å². The Hall–Kier alpha value is -0.530. The lowest BCUT2D eigenvalue weighted by molar-refractivity contribution is -0.172. The van der Waals surface area contributed by atoms with E-state index in [1.165, 1.54) is 0 Å². The second-order valence-electron chi connectivity index (χ2n) is 1.86. The average molecular weight is 271 g/mol. The number of hydrogen-bond donors (Lipinski definition) is 0. The zero-order valence-electron chi connectivity index (χ0n) is 5.63. The Labute approximate surface area is 76.5 Å². The Kier molecular flexibility index (Phi) is 3.54. The lowest BCUT2D eigenvalue weighted by Crippen LogP contribution is -2.26. The molecule has 0 saturated carbocycles. The van der Waals surface area contributed by atoms with Gasteiger partial charge in [0, 0.05) is 6.08 Å². The number of hydrogen-bond acceptors (Lipinski definition) is 1. The van der Waals surface area contributed by atoms with Gasteiger partial charge in [0.2, 0.25) is 4.69 Å². The third kappa shape index (κ3) is 4.30. The van der Waals surface area contributed by atoms with E-state index in [2.05, 4.69) is 0 Å². The fraction of sp³-hybridized carbons (Fsp3) is 0.400. The number of carbonyl (C=O) groups is 1. The second kappa shape index (κ2) is 3.69. The van der Waals surface area contributed by atoms with Gasteiger partial charge in [0.05, 0.1) is 0 Å². The van der Waals surface area contributed by atoms with Gasteiger partial charge in [-0.15, -0.1) is 0 Å². The quantitative estimate of drug-likeness (QED) is 0.407. The maximum absolute atomic E-state index is 11.6. The molecule has 0 saturated heterocycles. The van der Waals surface area contributed by atoms with Crippen LogP contribution in [0.3, 0.4) is 0 Å². The molecule has 0 aliphatic heterocycles. The molecule has 0 radical (unpaired) electrons. The molecule has 0 amide bonds. The Morgan fingerprint density at radius 2 is 1.31 bits per heavy atom. The van der Waals surface area contributed by atoms with E-state index in [-0.39, 0.29) is 0 Å². The highest BCUT2D eigenvalue weighted by Gasteiger charge is 2.51. The maximum Gasteiger partial charge on any atom is 0.421 e. The van der Waals surface area contributed by atoms with Crippen LogP contribution in [-0.2, 0) is 4.79 Å². The van der Waals surface area contributed by atoms with Crippen molar-refractivity contribution in [2.45, 2.75) is 12.4 Å². The molecule has 0 bridgehead atoms. The largest absolute Gasteiger partial charge is 0.421 e. The van der Waals surface area contributed by atoms with E-state index in [1.807, 2.05) is 15.9 Å². The molecule has 0 unspecified atom stereocenters. The molecule has 13 heavy (non-hydrogen) atoms. The summed E-state index contributed by atoms with van der Waals surface area (Å²) < 4.78 is 68.2. The minimum Gasteiger partial charge on any atom is -0.282 e. The van der Waals surface area contributed by atoms with Gasteiger partial charge in [0.1, 0.15) is 5.57 Å². The summed E-state index contributed by atoms with van der Waals surface area (Å²) >= 11 is 1.94. The second-order valence-corrected chi connectivity index (χ2v) is 2.64. The van der Waals surface area contributed by atoms with Crippen LogP contribution < -0.4 is 0 Å². The molecule has 0 spiro atoms. The molecule has 1 nitrogen and oxygen atoms in total. The number of halogens is 7. The van der Waals surface area contributed by atoms with Gasteiger partial charge < -0.3 is 0 Å². The fourth-order valence-electron chi connectivity index (χ4n) is 0.438. The molecule has 0 atom stereocenters. The minimum atomic E-state index is -5.58. The molecule has 0 aromatic heterocycles. The van der Waals surface area contributed by atoms with Crippen molar-refractivity contribution in [1.82, 2.24) is 0 Å². The fourth-order valence-corrected chi connectivity index (χ4v) is 0.667. The number of alkyl halides is 6. The van der Waals surface area contributed by atoms with Crippen molar-refractivity contribution < 1.29 is 31.1 Å². The van der Waals surface area contributed by atoms with Gasteiger partial charge in [0.25, 0.3) is 0 Å². The summed E-state index contributed by atoms with van der Waals surface area (Å²) in [6.07, 6.45) is -11.7. The van der Waals surface area contributed by atoms with E-state index in [9.17, 15) is 31.1 Å². The molecule has 76 valence electrons. The highest BCUT2D eigenvalue weighted by Crippen LogP contribution is 2.38. The van der Waals surface area contributed by atoms with E-state index >= 15 is 0 Å². The van der Waals surface area contributed by atoms with Gasteiger partial charge in [-0.2, -0.15) is 26.3 Å². The first-order valence-corrected chi connectivity index (χ1v) is 3.40. The average Bonchev–Trinajstić information content (AvgIpc) is 1.77. The summed E-state index contributed by atoms with van der Waals surface area (Å²) in [6, 6.07) is 0. The molecule has 0 aliphatic carbocycles. The summed E-state index contributed by atoms with van der Waals surface area (Å²) in [6.45, 7) is 0. The molecule has 0 aromatic carbocycles. The van der Waals surface area contributed by atoms with E-state index in [0.29, 0.717) is 0 Å². The molecule has 0 aliphatic rings. The first kappa shape index (κ1) is 12.5. The van der Waals surface area contributed by atoms with Crippen molar-refractivity contribution in [3.05, 3.63) is 11.6 Å². The highest BCUT2D eigenvalue weighted by atomic mass is 79.9. The van der Waals surface area contributed by atoms with Crippen LogP contribution in [0.4, 0.5) is 26.3 Å².